The molecule has 0 saturated carbocycles. The summed E-state index contributed by atoms with van der Waals surface area (Å²) in [6.45, 7) is 16.3. The predicted octanol–water partition coefficient (Wildman–Crippen LogP) is 10.0. The van der Waals surface area contributed by atoms with Crippen molar-refractivity contribution in [2.45, 2.75) is 125 Å². The van der Waals surface area contributed by atoms with E-state index in [9.17, 15) is 39.6 Å². The van der Waals surface area contributed by atoms with Gasteiger partial charge in [-0.15, -0.1) is 0 Å². The third kappa shape index (κ3) is 89.9. The lowest BCUT2D eigenvalue weighted by Gasteiger charge is -2.29. The van der Waals surface area contributed by atoms with E-state index in [-0.39, 0.29) is 56.8 Å². The molecule has 0 radical (unpaired) electrons. The van der Waals surface area contributed by atoms with E-state index in [1.165, 1.54) is 20.3 Å². The summed E-state index contributed by atoms with van der Waals surface area (Å²) in [5.41, 5.74) is -3.12. The third-order valence-electron chi connectivity index (χ3n) is 1.42. The van der Waals surface area contributed by atoms with Gasteiger partial charge in [-0.25, -0.2) is 8.42 Å². The molecule has 0 amide bonds. The van der Waals surface area contributed by atoms with Gasteiger partial charge < -0.3 is 4.79 Å². The molecule has 0 heterocycles. The number of ketones is 1. The fourth-order valence-corrected chi connectivity index (χ4v) is 0.161. The van der Waals surface area contributed by atoms with Crippen molar-refractivity contribution in [3.8, 4) is 0 Å². The van der Waals surface area contributed by atoms with Gasteiger partial charge in [0, 0.05) is 12.5 Å². The summed E-state index contributed by atoms with van der Waals surface area (Å²) < 4.78 is 88.9. The fourth-order valence-electron chi connectivity index (χ4n) is 0.161. The molecule has 0 aromatic rings. The molecule has 0 aromatic carbocycles. The summed E-state index contributed by atoms with van der Waals surface area (Å²) in [5, 5.41) is 0. The number of rotatable bonds is 0. The highest BCUT2D eigenvalue weighted by atomic mass is 32.2. The van der Waals surface area contributed by atoms with Crippen molar-refractivity contribution in [1.29, 1.82) is 0 Å². The molecule has 0 spiro atoms. The largest absolute Gasteiger partial charge is 0.402 e. The standard InChI is InChI=1S/C5H6F6.C5H12.C3H6O.C3H8.C2H6O2S.5CH4/c1-3(2,4(6,7)8)5(9,10)11;1-5(2,3)4;1-3(2)4;1-3-2;1-5(2,3)4;;;;;/h1-2H3;1-4H3;1-2H3;3H2,1-2H3;1-2H3;5*1H4. The van der Waals surface area contributed by atoms with Crippen molar-refractivity contribution in [2.75, 3.05) is 12.5 Å². The van der Waals surface area contributed by atoms with E-state index in [0.29, 0.717) is 5.41 Å². The van der Waals surface area contributed by atoms with Gasteiger partial charge in [0.15, 0.2) is 5.41 Å². The normalized spacial score (nSPS) is 10.0. The molecule has 0 atom stereocenters. The summed E-state index contributed by atoms with van der Waals surface area (Å²) >= 11 is 0. The second-order valence-corrected chi connectivity index (χ2v) is 10.7. The Kier molecular flexibility index (Phi) is 49.8. The van der Waals surface area contributed by atoms with Crippen LogP contribution in [0.1, 0.15) is 113 Å². The highest BCUT2D eigenvalue weighted by molar-refractivity contribution is 7.89. The maximum atomic E-state index is 11.6. The third-order valence-corrected chi connectivity index (χ3v) is 1.42. The van der Waals surface area contributed by atoms with Crippen LogP contribution in [0.4, 0.5) is 26.3 Å². The Balaban J connectivity index is -0.0000000262. The van der Waals surface area contributed by atoms with Crippen molar-refractivity contribution in [1.82, 2.24) is 0 Å². The number of carbonyl (C=O) groups is 1. The molecule has 0 aliphatic carbocycles. The van der Waals surface area contributed by atoms with Gasteiger partial charge in [-0.2, -0.15) is 26.3 Å². The Morgan fingerprint density at radius 2 is 0.697 bits per heavy atom. The molecule has 0 unspecified atom stereocenters. The van der Waals surface area contributed by atoms with Crippen LogP contribution in [0, 0.1) is 10.8 Å². The SMILES string of the molecule is C.C.C.C.C.CC(C)(C(F)(F)F)C(F)(F)F.CC(C)(C)C.CC(C)=O.CCC.CS(C)(=O)=O. The summed E-state index contributed by atoms with van der Waals surface area (Å²) in [7, 11) is -2.67. The molecule has 0 rings (SSSR count). The lowest BCUT2D eigenvalue weighted by Crippen LogP contribution is -2.44. The van der Waals surface area contributed by atoms with Crippen molar-refractivity contribution in [3.05, 3.63) is 0 Å². The zero-order valence-electron chi connectivity index (χ0n) is 19.1. The van der Waals surface area contributed by atoms with Gasteiger partial charge in [0.2, 0.25) is 0 Å². The first-order valence-electron chi connectivity index (χ1n) is 8.40. The molecule has 0 fully saturated rings. The Morgan fingerprint density at radius 1 is 0.636 bits per heavy atom. The Hall–Kier alpha value is -0.800. The lowest BCUT2D eigenvalue weighted by atomic mass is 9.92. The molecule has 0 aromatic heterocycles. The van der Waals surface area contributed by atoms with Crippen LogP contribution in [0.3, 0.4) is 0 Å². The Morgan fingerprint density at radius 3 is 0.697 bits per heavy atom. The van der Waals surface area contributed by atoms with Gasteiger partial charge in [0.05, 0.1) is 0 Å². The highest BCUT2D eigenvalue weighted by Crippen LogP contribution is 2.49. The number of hydrogen-bond donors (Lipinski definition) is 0. The monoisotopic (exact) mass is 528 g/mol. The average Bonchev–Trinajstić information content (AvgIpc) is 2.20. The molecule has 0 N–H and O–H groups in total. The van der Waals surface area contributed by atoms with Gasteiger partial charge in [-0.05, 0) is 33.1 Å². The van der Waals surface area contributed by atoms with Crippen LogP contribution in [0.25, 0.3) is 0 Å². The maximum Gasteiger partial charge on any atom is 0.402 e. The second kappa shape index (κ2) is 25.8. The Labute approximate surface area is 204 Å². The van der Waals surface area contributed by atoms with Crippen LogP contribution in [0.5, 0.6) is 0 Å². The summed E-state index contributed by atoms with van der Waals surface area (Å²) in [5.74, 6) is 0.167. The zero-order valence-corrected chi connectivity index (χ0v) is 19.9. The van der Waals surface area contributed by atoms with Gasteiger partial charge >= 0.3 is 12.4 Å². The number of halogens is 6. The maximum absolute atomic E-state index is 11.6. The van der Waals surface area contributed by atoms with Crippen LogP contribution in [-0.4, -0.2) is 39.1 Å². The minimum Gasteiger partial charge on any atom is -0.300 e. The van der Waals surface area contributed by atoms with E-state index >= 15 is 0 Å². The van der Waals surface area contributed by atoms with E-state index in [0.717, 1.165) is 12.5 Å². The van der Waals surface area contributed by atoms with Crippen LogP contribution < -0.4 is 0 Å². The zero-order chi connectivity index (χ0) is 24.8. The van der Waals surface area contributed by atoms with Crippen molar-refractivity contribution in [2.24, 2.45) is 10.8 Å². The number of carbonyl (C=O) groups excluding carboxylic acids is 1. The number of sulfone groups is 1. The smallest absolute Gasteiger partial charge is 0.300 e. The molecule has 3 nitrogen and oxygen atoms in total. The molecule has 0 aliphatic heterocycles. The molecule has 33 heavy (non-hydrogen) atoms. The number of Topliss-reactive ketones (excluding diaryl/α,β-unsaturated/α-hetero) is 1. The fraction of sp³-hybridized carbons (Fsp3) is 0.957. The van der Waals surface area contributed by atoms with Gasteiger partial charge in [-0.3, -0.25) is 0 Å². The van der Waals surface area contributed by atoms with Crippen LogP contribution >= 0.6 is 0 Å². The number of alkyl halides is 6. The van der Waals surface area contributed by atoms with E-state index < -0.39 is 27.6 Å². The van der Waals surface area contributed by atoms with Gasteiger partial charge in [-0.1, -0.05) is 85.1 Å². The molecule has 0 aliphatic rings. The Bertz CT molecular complexity index is 454. The minimum atomic E-state index is -5.24. The van der Waals surface area contributed by atoms with Crippen LogP contribution in [0.2, 0.25) is 0 Å². The van der Waals surface area contributed by atoms with Crippen molar-refractivity contribution >= 4 is 15.6 Å². The van der Waals surface area contributed by atoms with E-state index in [4.69, 9.17) is 0 Å². The second-order valence-electron chi connectivity index (χ2n) is 8.38. The predicted molar refractivity (Wildman–Crippen MR) is 138 cm³/mol. The summed E-state index contributed by atoms with van der Waals surface area (Å²) in [6.07, 6.45) is -6.92. The molecule has 10 heteroatoms. The lowest BCUT2D eigenvalue weighted by molar-refractivity contribution is -0.327. The van der Waals surface area contributed by atoms with Crippen molar-refractivity contribution < 1.29 is 39.6 Å². The summed E-state index contributed by atoms with van der Waals surface area (Å²) in [6, 6.07) is 0. The minimum absolute atomic E-state index is 0. The molecule has 216 valence electrons. The summed E-state index contributed by atoms with van der Waals surface area (Å²) in [4.78, 5) is 9.44. The molecular formula is C23H58F6O3S. The van der Waals surface area contributed by atoms with Crippen LogP contribution in [-0.2, 0) is 14.6 Å². The molecule has 0 bridgehead atoms. The van der Waals surface area contributed by atoms with Gasteiger partial charge in [0.25, 0.3) is 0 Å². The first-order valence-corrected chi connectivity index (χ1v) is 10.7. The average molecular weight is 529 g/mol. The quantitative estimate of drug-likeness (QED) is 0.294. The first kappa shape index (κ1) is 63.6. The van der Waals surface area contributed by atoms with E-state index in [1.54, 1.807) is 0 Å². The van der Waals surface area contributed by atoms with Gasteiger partial charge in [0.1, 0.15) is 15.6 Å². The topological polar surface area (TPSA) is 51.2 Å². The highest BCUT2D eigenvalue weighted by Gasteiger charge is 2.64. The number of hydrogen-bond acceptors (Lipinski definition) is 3. The van der Waals surface area contributed by atoms with E-state index in [2.05, 4.69) is 41.5 Å². The van der Waals surface area contributed by atoms with E-state index in [1.807, 2.05) is 0 Å². The molecular weight excluding hydrogens is 470 g/mol. The first-order chi connectivity index (χ1) is 11.6. The van der Waals surface area contributed by atoms with Crippen molar-refractivity contribution in [3.63, 3.8) is 0 Å². The molecule has 0 saturated heterocycles. The van der Waals surface area contributed by atoms with Crippen LogP contribution in [0.15, 0.2) is 0 Å².